The molecule has 9 nitrogen and oxygen atoms in total. The van der Waals surface area contributed by atoms with Gasteiger partial charge in [-0.25, -0.2) is 0 Å². The highest BCUT2D eigenvalue weighted by Gasteiger charge is 2.38. The fourth-order valence-corrected chi connectivity index (χ4v) is 2.73. The minimum Gasteiger partial charge on any atom is -0.475 e. The van der Waals surface area contributed by atoms with Gasteiger partial charge in [0.25, 0.3) is 11.7 Å². The summed E-state index contributed by atoms with van der Waals surface area (Å²) in [4.78, 5) is 41.6. The van der Waals surface area contributed by atoms with Crippen LogP contribution in [0.1, 0.15) is 19.8 Å². The molecule has 0 aromatic carbocycles. The molecule has 0 N–H and O–H groups in total. The summed E-state index contributed by atoms with van der Waals surface area (Å²) in [5.41, 5.74) is 0. The van der Waals surface area contributed by atoms with Gasteiger partial charge in [-0.2, -0.15) is 0 Å². The summed E-state index contributed by atoms with van der Waals surface area (Å²) in [5.74, 6) is -0.734. The summed E-state index contributed by atoms with van der Waals surface area (Å²) in [6.07, 6.45) is 1.12. The molecule has 122 valence electrons. The van der Waals surface area contributed by atoms with E-state index in [1.54, 1.807) is 11.8 Å². The Kier molecular flexibility index (Phi) is 3.85. The van der Waals surface area contributed by atoms with Crippen LogP contribution in [-0.2, 0) is 9.59 Å². The topological polar surface area (TPSA) is 106 Å². The quantitative estimate of drug-likeness (QED) is 0.600. The van der Waals surface area contributed by atoms with Gasteiger partial charge in [-0.1, -0.05) is 0 Å². The highest BCUT2D eigenvalue weighted by Crippen LogP contribution is 2.34. The molecule has 1 saturated heterocycles. The van der Waals surface area contributed by atoms with Crippen molar-refractivity contribution in [3.05, 3.63) is 22.2 Å². The Labute approximate surface area is 132 Å². The van der Waals surface area contributed by atoms with Crippen LogP contribution < -0.4 is 9.64 Å². The van der Waals surface area contributed by atoms with Gasteiger partial charge in [-0.3, -0.25) is 14.5 Å². The molecule has 1 aromatic rings. The number of nitro groups is 1. The Morgan fingerprint density at radius 3 is 2.78 bits per heavy atom. The van der Waals surface area contributed by atoms with Crippen molar-refractivity contribution < 1.29 is 19.2 Å². The maximum Gasteiger partial charge on any atom is 0.366 e. The van der Waals surface area contributed by atoms with Crippen molar-refractivity contribution in [3.8, 4) is 5.75 Å². The molecule has 0 radical (unpaired) electrons. The van der Waals surface area contributed by atoms with Crippen molar-refractivity contribution >= 4 is 23.5 Å². The largest absolute Gasteiger partial charge is 0.475 e. The minimum atomic E-state index is -0.767. The van der Waals surface area contributed by atoms with Crippen molar-refractivity contribution in [1.82, 2.24) is 9.88 Å². The van der Waals surface area contributed by atoms with Crippen LogP contribution in [0, 0.1) is 10.1 Å². The maximum absolute atomic E-state index is 12.3. The van der Waals surface area contributed by atoms with Crippen molar-refractivity contribution in [2.45, 2.75) is 25.9 Å². The number of amides is 2. The third kappa shape index (κ3) is 2.81. The lowest BCUT2D eigenvalue weighted by atomic mass is 10.2. The second-order valence-corrected chi connectivity index (χ2v) is 5.52. The lowest BCUT2D eigenvalue weighted by Gasteiger charge is -2.30. The molecule has 2 aliphatic heterocycles. The first-order chi connectivity index (χ1) is 11.0. The summed E-state index contributed by atoms with van der Waals surface area (Å²) in [6, 6.07) is 2.61. The molecule has 1 atom stereocenters. The number of rotatable bonds is 3. The Hall–Kier alpha value is -2.71. The fraction of sp³-hybridized carbons (Fsp3) is 0.500. The minimum absolute atomic E-state index is 0.0230. The molecule has 3 rings (SSSR count). The zero-order valence-corrected chi connectivity index (χ0v) is 12.6. The molecule has 2 amide bonds. The summed E-state index contributed by atoms with van der Waals surface area (Å²) < 4.78 is 5.41. The van der Waals surface area contributed by atoms with E-state index in [1.807, 2.05) is 0 Å². The molecule has 1 aromatic heterocycles. The Morgan fingerprint density at radius 1 is 1.43 bits per heavy atom. The molecule has 1 fully saturated rings. The standard InChI is InChI=1S/C14H16N4O5/c1-9-14(20)17(8-12(19)16-6-2-3-7-16)13-10(23-9)4-5-11(15-13)18(21)22/h4-5,9H,2-3,6-8H2,1H3. The average molecular weight is 320 g/mol. The van der Waals surface area contributed by atoms with E-state index in [0.717, 1.165) is 12.8 Å². The van der Waals surface area contributed by atoms with E-state index in [4.69, 9.17) is 4.74 Å². The molecule has 9 heteroatoms. The van der Waals surface area contributed by atoms with Crippen molar-refractivity contribution in [3.63, 3.8) is 0 Å². The van der Waals surface area contributed by atoms with Gasteiger partial charge in [0.1, 0.15) is 6.54 Å². The molecular formula is C14H16N4O5. The Balaban J connectivity index is 1.91. The van der Waals surface area contributed by atoms with E-state index in [2.05, 4.69) is 4.98 Å². The number of anilines is 1. The highest BCUT2D eigenvalue weighted by atomic mass is 16.6. The van der Waals surface area contributed by atoms with Crippen molar-refractivity contribution in [1.29, 1.82) is 0 Å². The highest BCUT2D eigenvalue weighted by molar-refractivity contribution is 6.02. The second kappa shape index (κ2) is 5.82. The van der Waals surface area contributed by atoms with E-state index < -0.39 is 22.8 Å². The van der Waals surface area contributed by atoms with Crippen LogP contribution in [0.2, 0.25) is 0 Å². The lowest BCUT2D eigenvalue weighted by Crippen LogP contribution is -2.49. The maximum atomic E-state index is 12.3. The monoisotopic (exact) mass is 320 g/mol. The van der Waals surface area contributed by atoms with Crippen LogP contribution in [0.3, 0.4) is 0 Å². The van der Waals surface area contributed by atoms with E-state index in [0.29, 0.717) is 13.1 Å². The van der Waals surface area contributed by atoms with Gasteiger partial charge in [0, 0.05) is 19.2 Å². The van der Waals surface area contributed by atoms with Crippen LogP contribution in [0.4, 0.5) is 11.6 Å². The first-order valence-electron chi connectivity index (χ1n) is 7.38. The zero-order chi connectivity index (χ0) is 16.6. The number of likely N-dealkylation sites (tertiary alicyclic amines) is 1. The van der Waals surface area contributed by atoms with Crippen LogP contribution >= 0.6 is 0 Å². The van der Waals surface area contributed by atoms with Gasteiger partial charge in [-0.15, -0.1) is 0 Å². The van der Waals surface area contributed by atoms with Gasteiger partial charge >= 0.3 is 5.82 Å². The molecule has 0 spiro atoms. The number of nitrogens with zero attached hydrogens (tertiary/aromatic N) is 4. The Bertz CT molecular complexity index is 671. The number of hydrogen-bond acceptors (Lipinski definition) is 6. The van der Waals surface area contributed by atoms with Crippen LogP contribution in [0.25, 0.3) is 0 Å². The number of fused-ring (bicyclic) bond motifs is 1. The average Bonchev–Trinajstić information content (AvgIpc) is 3.05. The van der Waals surface area contributed by atoms with E-state index in [9.17, 15) is 19.7 Å². The molecule has 23 heavy (non-hydrogen) atoms. The first kappa shape index (κ1) is 15.2. The predicted octanol–water partition coefficient (Wildman–Crippen LogP) is 0.726. The second-order valence-electron chi connectivity index (χ2n) is 5.52. The molecule has 1 unspecified atom stereocenters. The number of carbonyl (C=O) groups is 2. The number of ether oxygens (including phenoxy) is 1. The summed E-state index contributed by atoms with van der Waals surface area (Å²) in [6.45, 7) is 2.72. The molecule has 0 saturated carbocycles. The zero-order valence-electron chi connectivity index (χ0n) is 12.6. The van der Waals surface area contributed by atoms with Gasteiger partial charge in [0.2, 0.25) is 5.91 Å². The number of aromatic nitrogens is 1. The number of pyridine rings is 1. The first-order valence-corrected chi connectivity index (χ1v) is 7.38. The van der Waals surface area contributed by atoms with Crippen molar-refractivity contribution in [2.75, 3.05) is 24.5 Å². The van der Waals surface area contributed by atoms with E-state index >= 15 is 0 Å². The summed E-state index contributed by atoms with van der Waals surface area (Å²) in [5, 5.41) is 10.9. The lowest BCUT2D eigenvalue weighted by molar-refractivity contribution is -0.389. The molecule has 3 heterocycles. The number of carbonyl (C=O) groups excluding carboxylic acids is 2. The normalized spacial score (nSPS) is 20.2. The molecule has 0 bridgehead atoms. The van der Waals surface area contributed by atoms with Crippen molar-refractivity contribution in [2.24, 2.45) is 0 Å². The molecule has 0 aliphatic carbocycles. The molecule has 2 aliphatic rings. The van der Waals surface area contributed by atoms with Crippen LogP contribution in [-0.4, -0.2) is 52.4 Å². The summed E-state index contributed by atoms with van der Waals surface area (Å²) >= 11 is 0. The van der Waals surface area contributed by atoms with E-state index in [1.165, 1.54) is 17.0 Å². The third-order valence-electron chi connectivity index (χ3n) is 3.94. The van der Waals surface area contributed by atoms with Crippen LogP contribution in [0.5, 0.6) is 5.75 Å². The van der Waals surface area contributed by atoms with Crippen LogP contribution in [0.15, 0.2) is 12.1 Å². The smallest absolute Gasteiger partial charge is 0.366 e. The van der Waals surface area contributed by atoms with Gasteiger partial charge in [0.15, 0.2) is 11.9 Å². The Morgan fingerprint density at radius 2 is 2.13 bits per heavy atom. The SMILES string of the molecule is CC1Oc2ccc([N+](=O)[O-])nc2N(CC(=O)N2CCCC2)C1=O. The van der Waals surface area contributed by atoms with Gasteiger partial charge in [0.05, 0.1) is 0 Å². The fourth-order valence-electron chi connectivity index (χ4n) is 2.73. The van der Waals surface area contributed by atoms with E-state index in [-0.39, 0.29) is 24.0 Å². The summed E-state index contributed by atoms with van der Waals surface area (Å²) in [7, 11) is 0. The third-order valence-corrected chi connectivity index (χ3v) is 3.94. The van der Waals surface area contributed by atoms with Gasteiger partial charge < -0.3 is 19.8 Å². The van der Waals surface area contributed by atoms with Gasteiger partial charge in [-0.05, 0) is 35.7 Å². The predicted molar refractivity (Wildman–Crippen MR) is 79.1 cm³/mol. The molecular weight excluding hydrogens is 304 g/mol. The number of hydrogen-bond donors (Lipinski definition) is 0.